The molecule has 7 unspecified atom stereocenters. The molecule has 2 fully saturated rings. The van der Waals surface area contributed by atoms with Gasteiger partial charge in [-0.05, 0) is 64.4 Å². The first kappa shape index (κ1) is 35.5. The zero-order valence-electron chi connectivity index (χ0n) is 26.8. The zero-order valence-corrected chi connectivity index (χ0v) is 26.8. The summed E-state index contributed by atoms with van der Waals surface area (Å²) in [5.41, 5.74) is 0.591. The fraction of sp³-hybridized carbons (Fsp3) is 0.914. The van der Waals surface area contributed by atoms with Gasteiger partial charge in [-0.25, -0.2) is 4.79 Å². The molecule has 0 saturated carbocycles. The van der Waals surface area contributed by atoms with Crippen LogP contribution in [0.3, 0.4) is 0 Å². The summed E-state index contributed by atoms with van der Waals surface area (Å²) in [5.74, 6) is -0.301. The van der Waals surface area contributed by atoms with E-state index in [-0.39, 0.29) is 42.6 Å². The standard InChI is InChI=1S/C35H62O7/c1-3-4-5-6-7-8-9-10-11-15-20-31-33-22-23-34(42-33)32(40-26-39-31)21-16-19-29(36)17-13-12-14-18-30(37)25-28-24-27(2)41-35(28)38/h24,27,29-34,36-37H,3-23,25-26H2,1-2H3. The third-order valence-electron chi connectivity index (χ3n) is 9.37. The van der Waals surface area contributed by atoms with Crippen molar-refractivity contribution in [3.63, 3.8) is 0 Å². The van der Waals surface area contributed by atoms with E-state index in [0.29, 0.717) is 25.2 Å². The summed E-state index contributed by atoms with van der Waals surface area (Å²) < 4.78 is 23.8. The maximum Gasteiger partial charge on any atom is 0.334 e. The summed E-state index contributed by atoms with van der Waals surface area (Å²) in [6.07, 6.45) is 25.2. The Morgan fingerprint density at radius 1 is 0.738 bits per heavy atom. The highest BCUT2D eigenvalue weighted by Crippen LogP contribution is 2.33. The molecular formula is C35H62O7. The van der Waals surface area contributed by atoms with Crippen LogP contribution in [0, 0.1) is 0 Å². The van der Waals surface area contributed by atoms with Crippen LogP contribution in [0.2, 0.25) is 0 Å². The van der Waals surface area contributed by atoms with Crippen molar-refractivity contribution in [3.8, 4) is 0 Å². The number of esters is 1. The van der Waals surface area contributed by atoms with Gasteiger partial charge in [-0.3, -0.25) is 0 Å². The number of carbonyl (C=O) groups is 1. The largest absolute Gasteiger partial charge is 0.455 e. The summed E-state index contributed by atoms with van der Waals surface area (Å²) in [7, 11) is 0. The highest BCUT2D eigenvalue weighted by atomic mass is 16.7. The molecule has 7 atom stereocenters. The summed E-state index contributed by atoms with van der Waals surface area (Å²) in [6.45, 7) is 4.46. The summed E-state index contributed by atoms with van der Waals surface area (Å²) in [6, 6.07) is 0. The predicted molar refractivity (Wildman–Crippen MR) is 166 cm³/mol. The molecule has 0 amide bonds. The molecule has 244 valence electrons. The summed E-state index contributed by atoms with van der Waals surface area (Å²) in [5, 5.41) is 20.7. The Morgan fingerprint density at radius 2 is 1.26 bits per heavy atom. The number of carbonyl (C=O) groups excluding carboxylic acids is 1. The van der Waals surface area contributed by atoms with Crippen LogP contribution in [0.15, 0.2) is 11.6 Å². The molecule has 7 heteroatoms. The molecule has 2 saturated heterocycles. The molecule has 0 aliphatic carbocycles. The molecule has 2 bridgehead atoms. The average Bonchev–Trinajstić information content (AvgIpc) is 3.58. The second-order valence-corrected chi connectivity index (χ2v) is 13.2. The van der Waals surface area contributed by atoms with Crippen LogP contribution in [-0.2, 0) is 23.7 Å². The minimum absolute atomic E-state index is 0.0530. The minimum atomic E-state index is -0.515. The summed E-state index contributed by atoms with van der Waals surface area (Å²) in [4.78, 5) is 11.7. The van der Waals surface area contributed by atoms with E-state index < -0.39 is 6.10 Å². The van der Waals surface area contributed by atoms with Crippen molar-refractivity contribution in [1.82, 2.24) is 0 Å². The Labute approximate surface area is 256 Å². The van der Waals surface area contributed by atoms with Gasteiger partial charge in [0.25, 0.3) is 0 Å². The van der Waals surface area contributed by atoms with Crippen LogP contribution in [0.4, 0.5) is 0 Å². The normalized spacial score (nSPS) is 27.4. The maximum atomic E-state index is 11.7. The molecule has 2 N–H and O–H groups in total. The fourth-order valence-corrected chi connectivity index (χ4v) is 6.81. The van der Waals surface area contributed by atoms with Crippen molar-refractivity contribution in [2.24, 2.45) is 0 Å². The quantitative estimate of drug-likeness (QED) is 0.0925. The number of aliphatic hydroxyl groups is 2. The van der Waals surface area contributed by atoms with E-state index in [1.165, 1.54) is 64.2 Å². The van der Waals surface area contributed by atoms with Gasteiger partial charge in [0.1, 0.15) is 12.9 Å². The van der Waals surface area contributed by atoms with Crippen LogP contribution in [-0.4, -0.2) is 65.7 Å². The molecule has 3 rings (SSSR count). The van der Waals surface area contributed by atoms with Crippen molar-refractivity contribution < 1.29 is 34.0 Å². The lowest BCUT2D eigenvalue weighted by atomic mass is 9.98. The lowest BCUT2D eigenvalue weighted by molar-refractivity contribution is -0.209. The number of ether oxygens (including phenoxy) is 4. The van der Waals surface area contributed by atoms with Gasteiger partial charge in [0.15, 0.2) is 0 Å². The van der Waals surface area contributed by atoms with E-state index in [1.54, 1.807) is 6.08 Å². The van der Waals surface area contributed by atoms with Crippen LogP contribution in [0.1, 0.15) is 155 Å². The van der Waals surface area contributed by atoms with Crippen molar-refractivity contribution in [1.29, 1.82) is 0 Å². The molecule has 42 heavy (non-hydrogen) atoms. The Balaban J connectivity index is 1.18. The van der Waals surface area contributed by atoms with Crippen molar-refractivity contribution >= 4 is 5.97 Å². The number of aliphatic hydroxyl groups excluding tert-OH is 2. The number of hydrogen-bond donors (Lipinski definition) is 2. The third-order valence-corrected chi connectivity index (χ3v) is 9.37. The van der Waals surface area contributed by atoms with Crippen LogP contribution in [0.25, 0.3) is 0 Å². The van der Waals surface area contributed by atoms with Crippen LogP contribution >= 0.6 is 0 Å². The van der Waals surface area contributed by atoms with Gasteiger partial charge in [-0.15, -0.1) is 0 Å². The van der Waals surface area contributed by atoms with E-state index in [0.717, 1.165) is 64.2 Å². The molecule has 0 spiro atoms. The smallest absolute Gasteiger partial charge is 0.334 e. The molecule has 3 heterocycles. The van der Waals surface area contributed by atoms with E-state index >= 15 is 0 Å². The van der Waals surface area contributed by atoms with Gasteiger partial charge in [-0.2, -0.15) is 0 Å². The Morgan fingerprint density at radius 3 is 1.86 bits per heavy atom. The van der Waals surface area contributed by atoms with Gasteiger partial charge >= 0.3 is 5.97 Å². The minimum Gasteiger partial charge on any atom is -0.455 e. The predicted octanol–water partition coefficient (Wildman–Crippen LogP) is 7.69. The third kappa shape index (κ3) is 13.8. The maximum absolute atomic E-state index is 11.7. The van der Waals surface area contributed by atoms with E-state index in [4.69, 9.17) is 18.9 Å². The van der Waals surface area contributed by atoms with Gasteiger partial charge < -0.3 is 29.2 Å². The number of hydrogen-bond acceptors (Lipinski definition) is 7. The topological polar surface area (TPSA) is 94.5 Å². The molecular weight excluding hydrogens is 532 g/mol. The van der Waals surface area contributed by atoms with Gasteiger partial charge in [0, 0.05) is 12.0 Å². The monoisotopic (exact) mass is 594 g/mol. The number of fused-ring (bicyclic) bond motifs is 2. The van der Waals surface area contributed by atoms with E-state index in [2.05, 4.69) is 6.92 Å². The van der Waals surface area contributed by atoms with Gasteiger partial charge in [-0.1, -0.05) is 90.4 Å². The van der Waals surface area contributed by atoms with E-state index in [9.17, 15) is 15.0 Å². The van der Waals surface area contributed by atoms with Crippen molar-refractivity contribution in [2.75, 3.05) is 6.79 Å². The van der Waals surface area contributed by atoms with Crippen LogP contribution in [0.5, 0.6) is 0 Å². The lowest BCUT2D eigenvalue weighted by Gasteiger charge is -2.31. The Kier molecular flexibility index (Phi) is 17.6. The molecule has 0 aromatic heterocycles. The molecule has 3 aliphatic rings. The number of rotatable bonds is 23. The summed E-state index contributed by atoms with van der Waals surface area (Å²) >= 11 is 0. The van der Waals surface area contributed by atoms with Gasteiger partial charge in [0.2, 0.25) is 0 Å². The average molecular weight is 595 g/mol. The molecule has 7 nitrogen and oxygen atoms in total. The molecule has 0 aromatic rings. The van der Waals surface area contributed by atoms with Crippen molar-refractivity contribution in [3.05, 3.63) is 11.6 Å². The first-order valence-electron chi connectivity index (χ1n) is 17.6. The van der Waals surface area contributed by atoms with Crippen molar-refractivity contribution in [2.45, 2.75) is 198 Å². The first-order chi connectivity index (χ1) is 20.5. The van der Waals surface area contributed by atoms with Crippen LogP contribution < -0.4 is 0 Å². The zero-order chi connectivity index (χ0) is 30.0. The Bertz CT molecular complexity index is 756. The number of cyclic esters (lactones) is 1. The number of unbranched alkanes of at least 4 members (excludes halogenated alkanes) is 11. The lowest BCUT2D eigenvalue weighted by Crippen LogP contribution is -2.38. The second kappa shape index (κ2) is 20.9. The Hall–Kier alpha value is -0.990. The van der Waals surface area contributed by atoms with Gasteiger partial charge in [0.05, 0.1) is 36.6 Å². The first-order valence-corrected chi connectivity index (χ1v) is 17.6. The highest BCUT2D eigenvalue weighted by molar-refractivity contribution is 5.90. The SMILES string of the molecule is CCCCCCCCCCCCC1OCOC(CCCC(O)CCCCCC(O)CC2=CC(C)OC2=O)C2CCC1O2. The highest BCUT2D eigenvalue weighted by Gasteiger charge is 2.38. The molecule has 0 aromatic carbocycles. The van der Waals surface area contributed by atoms with E-state index in [1.807, 2.05) is 6.92 Å². The molecule has 3 aliphatic heterocycles. The second-order valence-electron chi connectivity index (χ2n) is 13.2. The molecule has 0 radical (unpaired) electrons. The fourth-order valence-electron chi connectivity index (χ4n) is 6.81.